The number of likely N-dealkylation sites (N-methyl/N-ethyl adjacent to an activating group) is 1. The zero-order chi connectivity index (χ0) is 67.0. The Morgan fingerprint density at radius 1 is 0.380 bits per heavy atom. The van der Waals surface area contributed by atoms with Crippen LogP contribution in [0.15, 0.2) is 36.5 Å². The van der Waals surface area contributed by atoms with Crippen molar-refractivity contribution in [1.29, 1.82) is 0 Å². The van der Waals surface area contributed by atoms with E-state index in [1.165, 1.54) is 327 Å². The van der Waals surface area contributed by atoms with Crippen LogP contribution in [0.25, 0.3) is 0 Å². The van der Waals surface area contributed by atoms with Crippen LogP contribution in [0.4, 0.5) is 0 Å². The normalized spacial score (nSPS) is 13.5. The highest BCUT2D eigenvalue weighted by molar-refractivity contribution is 7.45. The number of allylic oxidation sites excluding steroid dienone is 5. The van der Waals surface area contributed by atoms with Crippen molar-refractivity contribution in [2.45, 2.75) is 437 Å². The van der Waals surface area contributed by atoms with E-state index in [1.807, 2.05) is 33.3 Å². The number of hydrogen-bond donors (Lipinski definition) is 1. The Balaban J connectivity index is 4.85. The van der Waals surface area contributed by atoms with Crippen LogP contribution >= 0.6 is 7.82 Å². The Bertz CT molecular complexity index is 1660. The number of unbranched alkanes of at least 4 members (excludes halogenated alkanes) is 56. The van der Waals surface area contributed by atoms with Gasteiger partial charge in [-0.2, -0.15) is 0 Å². The fourth-order valence-corrected chi connectivity index (χ4v) is 13.3. The van der Waals surface area contributed by atoms with Gasteiger partial charge in [0.2, 0.25) is 5.91 Å². The fraction of sp³-hybridized carbons (Fsp3) is 0.902. The maximum atomic E-state index is 13.7. The van der Waals surface area contributed by atoms with Crippen LogP contribution in [0.5, 0.6) is 0 Å². The monoisotopic (exact) mass is 1320 g/mol. The van der Waals surface area contributed by atoms with Crippen LogP contribution in [0, 0.1) is 0 Å². The number of hydrogen-bond acceptors (Lipinski definition) is 7. The average molecular weight is 1320 g/mol. The minimum atomic E-state index is -4.71. The van der Waals surface area contributed by atoms with Gasteiger partial charge in [0, 0.05) is 12.8 Å². The lowest BCUT2D eigenvalue weighted by molar-refractivity contribution is -0.870. The molecule has 10 heteroatoms. The summed E-state index contributed by atoms with van der Waals surface area (Å²) in [5.41, 5.74) is 0. The van der Waals surface area contributed by atoms with Crippen LogP contribution in [0.2, 0.25) is 0 Å². The molecule has 0 aliphatic rings. The van der Waals surface area contributed by atoms with Gasteiger partial charge in [0.05, 0.1) is 33.8 Å². The second-order valence-electron chi connectivity index (χ2n) is 29.3. The van der Waals surface area contributed by atoms with Crippen LogP contribution in [-0.2, 0) is 27.9 Å². The lowest BCUT2D eigenvalue weighted by atomic mass is 10.0. The van der Waals surface area contributed by atoms with Gasteiger partial charge in [0.25, 0.3) is 7.82 Å². The molecule has 3 unspecified atom stereocenters. The molecule has 0 aliphatic carbocycles. The summed E-state index contributed by atoms with van der Waals surface area (Å²) >= 11 is 0. The zero-order valence-corrected chi connectivity index (χ0v) is 63.4. The first-order valence-corrected chi connectivity index (χ1v) is 42.3. The predicted molar refractivity (Wildman–Crippen MR) is 400 cm³/mol. The molecule has 0 aliphatic heterocycles. The number of esters is 1. The van der Waals surface area contributed by atoms with Gasteiger partial charge in [-0.1, -0.05) is 385 Å². The number of amides is 1. The van der Waals surface area contributed by atoms with Crippen molar-refractivity contribution in [3.05, 3.63) is 36.5 Å². The van der Waals surface area contributed by atoms with Gasteiger partial charge in [0.1, 0.15) is 19.3 Å². The Morgan fingerprint density at radius 2 is 0.663 bits per heavy atom. The minimum Gasteiger partial charge on any atom is -0.756 e. The number of carbonyl (C=O) groups excluding carboxylic acids is 2. The molecule has 0 heterocycles. The first-order valence-electron chi connectivity index (χ1n) is 40.8. The number of rotatable bonds is 76. The van der Waals surface area contributed by atoms with E-state index in [0.717, 1.165) is 64.2 Å². The smallest absolute Gasteiger partial charge is 0.306 e. The van der Waals surface area contributed by atoms with Gasteiger partial charge in [-0.05, 0) is 63.9 Å². The summed E-state index contributed by atoms with van der Waals surface area (Å²) in [5, 5.41) is 3.06. The van der Waals surface area contributed by atoms with Crippen molar-refractivity contribution in [1.82, 2.24) is 5.32 Å². The SMILES string of the molecule is CCCCC/C=C\C/C=C\CCCCCCCCCCCCCCCCCCCC(=O)NC(COP(=O)([O-])OCC[N+](C)(C)C)C(/C=C/CCCCCCCCCCCC)OC(=O)CCCCCCCCCCCCCCCCCCCCCCCCCCCCC. The molecule has 0 spiro atoms. The van der Waals surface area contributed by atoms with Gasteiger partial charge >= 0.3 is 5.97 Å². The van der Waals surface area contributed by atoms with Crippen LogP contribution in [-0.4, -0.2) is 69.4 Å². The molecular formula is C82H159N2O7P. The number of nitrogens with zero attached hydrogens (tertiary/aromatic N) is 1. The minimum absolute atomic E-state index is 0.0184. The van der Waals surface area contributed by atoms with E-state index in [9.17, 15) is 19.0 Å². The third-order valence-corrected chi connectivity index (χ3v) is 19.8. The van der Waals surface area contributed by atoms with Crippen LogP contribution < -0.4 is 10.2 Å². The van der Waals surface area contributed by atoms with Gasteiger partial charge in [0.15, 0.2) is 0 Å². The van der Waals surface area contributed by atoms with Gasteiger partial charge in [-0.3, -0.25) is 14.2 Å². The second-order valence-corrected chi connectivity index (χ2v) is 30.7. The summed E-state index contributed by atoms with van der Waals surface area (Å²) in [6, 6.07) is -0.885. The lowest BCUT2D eigenvalue weighted by Crippen LogP contribution is -2.47. The van der Waals surface area contributed by atoms with Crippen molar-refractivity contribution >= 4 is 19.7 Å². The number of quaternary nitrogens is 1. The van der Waals surface area contributed by atoms with E-state index in [-0.39, 0.29) is 31.5 Å². The molecule has 92 heavy (non-hydrogen) atoms. The number of carbonyl (C=O) groups is 2. The van der Waals surface area contributed by atoms with E-state index in [1.54, 1.807) is 0 Å². The Morgan fingerprint density at radius 3 is 1.00 bits per heavy atom. The topological polar surface area (TPSA) is 114 Å². The first kappa shape index (κ1) is 90.2. The third-order valence-electron chi connectivity index (χ3n) is 18.8. The molecule has 0 rings (SSSR count). The van der Waals surface area contributed by atoms with Crippen molar-refractivity contribution in [2.24, 2.45) is 0 Å². The first-order chi connectivity index (χ1) is 44.9. The molecule has 0 aromatic heterocycles. The molecule has 0 aromatic rings. The molecule has 0 saturated carbocycles. The molecule has 1 amide bonds. The van der Waals surface area contributed by atoms with Gasteiger partial charge in [-0.15, -0.1) is 0 Å². The van der Waals surface area contributed by atoms with Crippen LogP contribution in [0.1, 0.15) is 425 Å². The van der Waals surface area contributed by atoms with Gasteiger partial charge < -0.3 is 28.5 Å². The molecule has 0 saturated heterocycles. The molecular weight excluding hydrogens is 1160 g/mol. The standard InChI is InChI=1S/C82H159N2O7P/c1-7-10-13-16-19-22-25-28-30-32-34-36-38-40-42-44-46-48-50-52-54-56-59-62-65-68-71-74-81(85)83-79(78-90-92(87,88)89-77-76-84(4,5)6)80(73-70-67-64-61-58-27-24-21-18-15-12-9-3)91-82(86)75-72-69-66-63-60-57-55-53-51-49-47-45-43-41-39-37-35-33-31-29-26-23-20-17-14-11-8-2/h19,22,28,30,70,73,79-80H,7-18,20-21,23-27,29,31-69,71-72,74-78H2,1-6H3,(H-,83,85,87,88)/b22-19-,30-28-,73-70+. The summed E-state index contributed by atoms with van der Waals surface area (Å²) in [4.78, 5) is 40.3. The second kappa shape index (κ2) is 72.0. The third kappa shape index (κ3) is 72.5. The number of phosphoric ester groups is 1. The van der Waals surface area contributed by atoms with Crippen molar-refractivity contribution in [3.8, 4) is 0 Å². The quantitative estimate of drug-likeness (QED) is 0.0212. The fourth-order valence-electron chi connectivity index (χ4n) is 12.6. The predicted octanol–water partition coefficient (Wildman–Crippen LogP) is 25.9. The largest absolute Gasteiger partial charge is 0.756 e. The highest BCUT2D eigenvalue weighted by Gasteiger charge is 2.27. The summed E-state index contributed by atoms with van der Waals surface area (Å²) in [7, 11) is 1.21. The molecule has 0 bridgehead atoms. The number of nitrogens with one attached hydrogen (secondary N) is 1. The maximum Gasteiger partial charge on any atom is 0.306 e. The van der Waals surface area contributed by atoms with E-state index < -0.39 is 20.0 Å². The lowest BCUT2D eigenvalue weighted by Gasteiger charge is -2.30. The Hall–Kier alpha value is -1.77. The maximum absolute atomic E-state index is 13.7. The summed E-state index contributed by atoms with van der Waals surface area (Å²) in [6.45, 7) is 6.90. The number of ether oxygens (including phenoxy) is 1. The Labute approximate surface area is 574 Å². The molecule has 3 atom stereocenters. The molecule has 1 N–H and O–H groups in total. The highest BCUT2D eigenvalue weighted by Crippen LogP contribution is 2.38. The van der Waals surface area contributed by atoms with Crippen LogP contribution in [0.3, 0.4) is 0 Å². The van der Waals surface area contributed by atoms with E-state index >= 15 is 0 Å². The summed E-state index contributed by atoms with van der Waals surface area (Å²) < 4.78 is 30.6. The summed E-state index contributed by atoms with van der Waals surface area (Å²) in [5.74, 6) is -0.514. The molecule has 0 fully saturated rings. The van der Waals surface area contributed by atoms with Crippen molar-refractivity contribution in [3.63, 3.8) is 0 Å². The summed E-state index contributed by atoms with van der Waals surface area (Å²) in [6.07, 6.45) is 91.6. The molecule has 9 nitrogen and oxygen atoms in total. The highest BCUT2D eigenvalue weighted by atomic mass is 31.2. The number of phosphoric acid groups is 1. The molecule has 544 valence electrons. The van der Waals surface area contributed by atoms with E-state index in [4.69, 9.17) is 13.8 Å². The zero-order valence-electron chi connectivity index (χ0n) is 62.5. The van der Waals surface area contributed by atoms with Crippen molar-refractivity contribution < 1.29 is 37.3 Å². The van der Waals surface area contributed by atoms with E-state index in [2.05, 4.69) is 50.4 Å². The molecule has 0 aromatic carbocycles. The van der Waals surface area contributed by atoms with Crippen molar-refractivity contribution in [2.75, 3.05) is 40.9 Å². The molecule has 0 radical (unpaired) electrons. The van der Waals surface area contributed by atoms with Gasteiger partial charge in [-0.25, -0.2) is 0 Å². The average Bonchev–Trinajstić information content (AvgIpc) is 3.69. The Kier molecular flexibility index (Phi) is 70.6. The van der Waals surface area contributed by atoms with E-state index in [0.29, 0.717) is 17.4 Å².